The van der Waals surface area contributed by atoms with Gasteiger partial charge in [0.05, 0.1) is 5.92 Å². The van der Waals surface area contributed by atoms with Gasteiger partial charge in [-0.3, -0.25) is 4.79 Å². The molecule has 0 bridgehead atoms. The lowest BCUT2D eigenvalue weighted by atomic mass is 10.0. The summed E-state index contributed by atoms with van der Waals surface area (Å²) in [5.74, 6) is -1.14. The number of halogens is 3. The Labute approximate surface area is 110 Å². The molecule has 1 amide bonds. The second kappa shape index (κ2) is 6.66. The van der Waals surface area contributed by atoms with Crippen LogP contribution in [0.2, 0.25) is 0 Å². The summed E-state index contributed by atoms with van der Waals surface area (Å²) in [6.07, 6.45) is 0.431. The van der Waals surface area contributed by atoms with Gasteiger partial charge in [-0.15, -0.1) is 12.4 Å². The van der Waals surface area contributed by atoms with Crippen molar-refractivity contribution < 1.29 is 13.6 Å². The molecule has 0 aromatic heterocycles. The summed E-state index contributed by atoms with van der Waals surface area (Å²) in [5, 5.41) is 5.75. The Morgan fingerprint density at radius 2 is 1.89 bits per heavy atom. The van der Waals surface area contributed by atoms with E-state index in [1.807, 2.05) is 0 Å². The number of carbonyl (C=O) groups is 1. The maximum Gasteiger partial charge on any atom is 0.225 e. The van der Waals surface area contributed by atoms with Crippen LogP contribution in [0, 0.1) is 17.6 Å². The summed E-state index contributed by atoms with van der Waals surface area (Å²) in [7, 11) is 0. The summed E-state index contributed by atoms with van der Waals surface area (Å²) in [6, 6.07) is 3.39. The first-order chi connectivity index (χ1) is 8.15. The molecule has 0 spiro atoms. The molecule has 18 heavy (non-hydrogen) atoms. The van der Waals surface area contributed by atoms with E-state index in [0.29, 0.717) is 31.6 Å². The average molecular weight is 277 g/mol. The molecule has 0 aliphatic carbocycles. The van der Waals surface area contributed by atoms with E-state index in [0.717, 1.165) is 6.07 Å². The number of benzene rings is 1. The zero-order valence-corrected chi connectivity index (χ0v) is 10.5. The Bertz CT molecular complexity index is 404. The second-order valence-corrected chi connectivity index (χ2v) is 4.17. The minimum atomic E-state index is -0.588. The predicted molar refractivity (Wildman–Crippen MR) is 66.7 cm³/mol. The molecule has 2 rings (SSSR count). The lowest BCUT2D eigenvalue weighted by Gasteiger charge is -2.25. The summed E-state index contributed by atoms with van der Waals surface area (Å²) in [5.41, 5.74) is 0.550. The molecule has 0 atom stereocenters. The molecule has 1 heterocycles. The van der Waals surface area contributed by atoms with Crippen LogP contribution in [0.5, 0.6) is 0 Å². The Kier molecular flexibility index (Phi) is 5.50. The topological polar surface area (TPSA) is 41.1 Å². The molecular formula is C12H15ClF2N2O. The van der Waals surface area contributed by atoms with Gasteiger partial charge in [0.1, 0.15) is 11.6 Å². The third-order valence-electron chi connectivity index (χ3n) is 2.79. The van der Waals surface area contributed by atoms with Crippen LogP contribution in [0.3, 0.4) is 0 Å². The first-order valence-electron chi connectivity index (χ1n) is 5.58. The summed E-state index contributed by atoms with van der Waals surface area (Å²) >= 11 is 0. The molecule has 1 saturated heterocycles. The molecule has 1 fully saturated rings. The molecule has 0 radical (unpaired) electrons. The number of carbonyl (C=O) groups excluding carboxylic acids is 1. The number of hydrogen-bond donors (Lipinski definition) is 2. The van der Waals surface area contributed by atoms with E-state index < -0.39 is 11.6 Å². The van der Waals surface area contributed by atoms with Crippen molar-refractivity contribution in [3.8, 4) is 0 Å². The van der Waals surface area contributed by atoms with E-state index in [-0.39, 0.29) is 24.2 Å². The van der Waals surface area contributed by atoms with Gasteiger partial charge in [0, 0.05) is 25.7 Å². The van der Waals surface area contributed by atoms with Gasteiger partial charge in [-0.1, -0.05) is 0 Å². The van der Waals surface area contributed by atoms with Crippen LogP contribution in [0.4, 0.5) is 8.78 Å². The van der Waals surface area contributed by atoms with Gasteiger partial charge in [-0.25, -0.2) is 8.78 Å². The third-order valence-corrected chi connectivity index (χ3v) is 2.79. The van der Waals surface area contributed by atoms with Crippen molar-refractivity contribution in [1.29, 1.82) is 0 Å². The first-order valence-corrected chi connectivity index (χ1v) is 5.58. The van der Waals surface area contributed by atoms with Crippen LogP contribution in [0.1, 0.15) is 5.56 Å². The fourth-order valence-electron chi connectivity index (χ4n) is 1.70. The zero-order valence-electron chi connectivity index (χ0n) is 9.71. The fourth-order valence-corrected chi connectivity index (χ4v) is 1.70. The standard InChI is InChI=1S/C12H14F2N2O.ClH/c13-10-3-8(4-11(14)5-10)1-2-16-12(17)9-6-15-7-9;/h3-5,9,15H,1-2,6-7H2,(H,16,17);1H. The molecule has 3 nitrogen and oxygen atoms in total. The number of nitrogens with one attached hydrogen (secondary N) is 2. The monoisotopic (exact) mass is 276 g/mol. The van der Waals surface area contributed by atoms with Gasteiger partial charge in [0.25, 0.3) is 0 Å². The van der Waals surface area contributed by atoms with Crippen molar-refractivity contribution in [3.63, 3.8) is 0 Å². The van der Waals surface area contributed by atoms with E-state index >= 15 is 0 Å². The number of rotatable bonds is 4. The lowest BCUT2D eigenvalue weighted by molar-refractivity contribution is -0.126. The van der Waals surface area contributed by atoms with E-state index in [1.165, 1.54) is 12.1 Å². The Morgan fingerprint density at radius 1 is 1.28 bits per heavy atom. The molecule has 1 aliphatic heterocycles. The summed E-state index contributed by atoms with van der Waals surface area (Å²) < 4.78 is 25.7. The molecule has 100 valence electrons. The minimum absolute atomic E-state index is 0. The molecule has 0 saturated carbocycles. The van der Waals surface area contributed by atoms with Crippen molar-refractivity contribution in [1.82, 2.24) is 10.6 Å². The second-order valence-electron chi connectivity index (χ2n) is 4.17. The van der Waals surface area contributed by atoms with E-state index in [1.54, 1.807) is 0 Å². The molecule has 2 N–H and O–H groups in total. The molecule has 1 aliphatic rings. The maximum atomic E-state index is 12.9. The normalized spacial score (nSPS) is 14.6. The van der Waals surface area contributed by atoms with Crippen molar-refractivity contribution in [3.05, 3.63) is 35.4 Å². The Morgan fingerprint density at radius 3 is 2.39 bits per heavy atom. The molecule has 0 unspecified atom stereocenters. The SMILES string of the molecule is Cl.O=C(NCCc1cc(F)cc(F)c1)C1CNC1. The van der Waals surface area contributed by atoms with Gasteiger partial charge < -0.3 is 10.6 Å². The summed E-state index contributed by atoms with van der Waals surface area (Å²) in [4.78, 5) is 11.5. The van der Waals surface area contributed by atoms with Gasteiger partial charge in [-0.2, -0.15) is 0 Å². The number of amides is 1. The van der Waals surface area contributed by atoms with Gasteiger partial charge in [0.15, 0.2) is 0 Å². The van der Waals surface area contributed by atoms with Crippen LogP contribution < -0.4 is 10.6 Å². The van der Waals surface area contributed by atoms with Gasteiger partial charge >= 0.3 is 0 Å². The summed E-state index contributed by atoms with van der Waals surface area (Å²) in [6.45, 7) is 1.82. The number of hydrogen-bond acceptors (Lipinski definition) is 2. The minimum Gasteiger partial charge on any atom is -0.355 e. The van der Waals surface area contributed by atoms with E-state index in [9.17, 15) is 13.6 Å². The van der Waals surface area contributed by atoms with Crippen LogP contribution >= 0.6 is 12.4 Å². The van der Waals surface area contributed by atoms with Gasteiger partial charge in [-0.05, 0) is 24.1 Å². The highest BCUT2D eigenvalue weighted by molar-refractivity contribution is 5.85. The predicted octanol–water partition coefficient (Wildman–Crippen LogP) is 1.26. The highest BCUT2D eigenvalue weighted by Gasteiger charge is 2.24. The molecule has 1 aromatic rings. The Hall–Kier alpha value is -1.20. The van der Waals surface area contributed by atoms with Crippen molar-refractivity contribution in [2.45, 2.75) is 6.42 Å². The maximum absolute atomic E-state index is 12.9. The van der Waals surface area contributed by atoms with E-state index in [4.69, 9.17) is 0 Å². The molecule has 1 aromatic carbocycles. The van der Waals surface area contributed by atoms with Crippen LogP contribution in [-0.4, -0.2) is 25.5 Å². The van der Waals surface area contributed by atoms with Crippen molar-refractivity contribution in [2.24, 2.45) is 5.92 Å². The van der Waals surface area contributed by atoms with Gasteiger partial charge in [0.2, 0.25) is 5.91 Å². The fraction of sp³-hybridized carbons (Fsp3) is 0.417. The molecular weight excluding hydrogens is 262 g/mol. The third kappa shape index (κ3) is 3.92. The van der Waals surface area contributed by atoms with Crippen molar-refractivity contribution >= 4 is 18.3 Å². The van der Waals surface area contributed by atoms with Crippen molar-refractivity contribution in [2.75, 3.05) is 19.6 Å². The Balaban J connectivity index is 0.00000162. The average Bonchev–Trinajstić information content (AvgIpc) is 2.12. The molecule has 6 heteroatoms. The first kappa shape index (κ1) is 14.9. The quantitative estimate of drug-likeness (QED) is 0.869. The highest BCUT2D eigenvalue weighted by Crippen LogP contribution is 2.08. The largest absolute Gasteiger partial charge is 0.355 e. The van der Waals surface area contributed by atoms with Crippen LogP contribution in [-0.2, 0) is 11.2 Å². The van der Waals surface area contributed by atoms with Crippen LogP contribution in [0.15, 0.2) is 18.2 Å². The smallest absolute Gasteiger partial charge is 0.225 e. The lowest BCUT2D eigenvalue weighted by Crippen LogP contribution is -2.51. The van der Waals surface area contributed by atoms with Crippen LogP contribution in [0.25, 0.3) is 0 Å². The highest BCUT2D eigenvalue weighted by atomic mass is 35.5. The van der Waals surface area contributed by atoms with E-state index in [2.05, 4.69) is 10.6 Å². The zero-order chi connectivity index (χ0) is 12.3.